The van der Waals surface area contributed by atoms with E-state index in [1.54, 1.807) is 13.8 Å². The average Bonchev–Trinajstić information content (AvgIpc) is 2.02. The van der Waals surface area contributed by atoms with Crippen LogP contribution in [0.1, 0.15) is 20.3 Å². The van der Waals surface area contributed by atoms with Crippen LogP contribution in [0.15, 0.2) is 0 Å². The van der Waals surface area contributed by atoms with Crippen molar-refractivity contribution in [3.8, 4) is 0 Å². The van der Waals surface area contributed by atoms with Crippen molar-refractivity contribution in [2.75, 3.05) is 14.1 Å². The Bertz CT molecular complexity index is 312. The van der Waals surface area contributed by atoms with E-state index in [1.807, 2.05) is 0 Å². The fourth-order valence-corrected chi connectivity index (χ4v) is 1.70. The van der Waals surface area contributed by atoms with Gasteiger partial charge in [0.2, 0.25) is 0 Å². The molecular formula is C7H18N4O2S. The minimum atomic E-state index is -3.55. The van der Waals surface area contributed by atoms with Crippen LogP contribution in [0.5, 0.6) is 0 Å². The third-order valence-electron chi connectivity index (χ3n) is 2.14. The zero-order valence-electron chi connectivity index (χ0n) is 8.96. The van der Waals surface area contributed by atoms with Crippen molar-refractivity contribution in [3.05, 3.63) is 0 Å². The number of nitrogens with one attached hydrogen (secondary N) is 2. The third-order valence-corrected chi connectivity index (χ3v) is 3.81. The normalized spacial score (nSPS) is 16.6. The molecule has 0 aromatic heterocycles. The Morgan fingerprint density at radius 3 is 2.21 bits per heavy atom. The van der Waals surface area contributed by atoms with Crippen molar-refractivity contribution in [1.29, 1.82) is 5.41 Å². The minimum Gasteiger partial charge on any atom is -0.386 e. The summed E-state index contributed by atoms with van der Waals surface area (Å²) in [7, 11) is -0.720. The first kappa shape index (κ1) is 13.3. The van der Waals surface area contributed by atoms with Crippen molar-refractivity contribution in [2.45, 2.75) is 25.8 Å². The van der Waals surface area contributed by atoms with Crippen LogP contribution >= 0.6 is 0 Å². The molecule has 0 heterocycles. The second-order valence-corrected chi connectivity index (χ2v) is 5.37. The summed E-state index contributed by atoms with van der Waals surface area (Å²) in [5, 5.41) is 7.30. The van der Waals surface area contributed by atoms with Crippen LogP contribution in [-0.4, -0.2) is 38.2 Å². The lowest BCUT2D eigenvalue weighted by Crippen LogP contribution is -2.56. The maximum Gasteiger partial charge on any atom is 0.279 e. The van der Waals surface area contributed by atoms with E-state index in [2.05, 4.69) is 4.72 Å². The van der Waals surface area contributed by atoms with E-state index in [9.17, 15) is 8.42 Å². The van der Waals surface area contributed by atoms with Crippen molar-refractivity contribution in [3.63, 3.8) is 0 Å². The fourth-order valence-electron chi connectivity index (χ4n) is 0.694. The molecule has 0 radical (unpaired) electrons. The zero-order chi connectivity index (χ0) is 11.6. The molecule has 0 aromatic rings. The highest BCUT2D eigenvalue weighted by Crippen LogP contribution is 2.10. The van der Waals surface area contributed by atoms with E-state index in [0.29, 0.717) is 6.42 Å². The number of nitrogens with two attached hydrogens (primary N) is 1. The Labute approximate surface area is 85.2 Å². The molecule has 0 aliphatic heterocycles. The van der Waals surface area contributed by atoms with E-state index in [0.717, 1.165) is 4.31 Å². The minimum absolute atomic E-state index is 0.189. The van der Waals surface area contributed by atoms with Crippen LogP contribution in [0.2, 0.25) is 0 Å². The van der Waals surface area contributed by atoms with Crippen molar-refractivity contribution >= 4 is 16.0 Å². The zero-order valence-corrected chi connectivity index (χ0v) is 9.77. The van der Waals surface area contributed by atoms with E-state index in [-0.39, 0.29) is 5.84 Å². The smallest absolute Gasteiger partial charge is 0.279 e. The molecule has 0 saturated carbocycles. The summed E-state index contributed by atoms with van der Waals surface area (Å²) in [6.45, 7) is 3.34. The molecule has 14 heavy (non-hydrogen) atoms. The SMILES string of the molecule is CCC(C)(NS(=O)(=O)N(C)C)C(=N)N. The molecule has 1 atom stereocenters. The molecule has 0 aromatic carbocycles. The molecule has 0 rings (SSSR count). The van der Waals surface area contributed by atoms with E-state index in [4.69, 9.17) is 11.1 Å². The predicted molar refractivity (Wildman–Crippen MR) is 56.4 cm³/mol. The van der Waals surface area contributed by atoms with Crippen molar-refractivity contribution in [2.24, 2.45) is 5.73 Å². The summed E-state index contributed by atoms with van der Waals surface area (Å²) >= 11 is 0. The highest BCUT2D eigenvalue weighted by Gasteiger charge is 2.31. The van der Waals surface area contributed by atoms with Crippen LogP contribution in [0.25, 0.3) is 0 Å². The first-order valence-electron chi connectivity index (χ1n) is 4.21. The molecule has 0 fully saturated rings. The molecule has 4 N–H and O–H groups in total. The second kappa shape index (κ2) is 4.24. The van der Waals surface area contributed by atoms with Gasteiger partial charge >= 0.3 is 0 Å². The first-order chi connectivity index (χ1) is 6.15. The summed E-state index contributed by atoms with van der Waals surface area (Å²) < 4.78 is 26.4. The quantitative estimate of drug-likeness (QED) is 0.431. The van der Waals surface area contributed by atoms with Crippen molar-refractivity contribution in [1.82, 2.24) is 9.03 Å². The molecule has 0 spiro atoms. The fraction of sp³-hybridized carbons (Fsp3) is 0.857. The number of rotatable bonds is 5. The molecule has 0 aliphatic rings. The lowest BCUT2D eigenvalue weighted by molar-refractivity contribution is 0.460. The summed E-state index contributed by atoms with van der Waals surface area (Å²) in [5.41, 5.74) is 4.32. The van der Waals surface area contributed by atoms with Crippen LogP contribution < -0.4 is 10.5 Å². The van der Waals surface area contributed by atoms with Gasteiger partial charge in [0.15, 0.2) is 0 Å². The van der Waals surface area contributed by atoms with E-state index >= 15 is 0 Å². The summed E-state index contributed by atoms with van der Waals surface area (Å²) in [6.07, 6.45) is 0.426. The Kier molecular flexibility index (Phi) is 4.04. The van der Waals surface area contributed by atoms with Crippen molar-refractivity contribution < 1.29 is 8.42 Å². The molecular weight excluding hydrogens is 204 g/mol. The Balaban J connectivity index is 4.90. The monoisotopic (exact) mass is 222 g/mol. The van der Waals surface area contributed by atoms with Gasteiger partial charge in [0.05, 0.1) is 5.54 Å². The highest BCUT2D eigenvalue weighted by atomic mass is 32.2. The van der Waals surface area contributed by atoms with Crippen LogP contribution in [0.3, 0.4) is 0 Å². The standard InChI is InChI=1S/C7H18N4O2S/c1-5-7(2,6(8)9)10-14(12,13)11(3)4/h10H,5H2,1-4H3,(H3,8,9). The Morgan fingerprint density at radius 1 is 1.57 bits per heavy atom. The molecule has 0 saturated heterocycles. The lowest BCUT2D eigenvalue weighted by Gasteiger charge is -2.29. The molecule has 1 unspecified atom stereocenters. The van der Waals surface area contributed by atoms with Gasteiger partial charge in [-0.15, -0.1) is 0 Å². The molecule has 0 amide bonds. The Hall–Kier alpha value is -0.660. The van der Waals surface area contributed by atoms with Gasteiger partial charge in [-0.3, -0.25) is 5.41 Å². The number of hydrogen-bond acceptors (Lipinski definition) is 3. The lowest BCUT2D eigenvalue weighted by atomic mass is 10.00. The average molecular weight is 222 g/mol. The third kappa shape index (κ3) is 2.93. The summed E-state index contributed by atoms with van der Waals surface area (Å²) in [4.78, 5) is 0. The van der Waals surface area contributed by atoms with Gasteiger partial charge in [0.1, 0.15) is 5.84 Å². The van der Waals surface area contributed by atoms with Gasteiger partial charge in [-0.25, -0.2) is 0 Å². The summed E-state index contributed by atoms with van der Waals surface area (Å²) in [5.74, 6) is -0.189. The molecule has 6 nitrogen and oxygen atoms in total. The maximum absolute atomic E-state index is 11.5. The highest BCUT2D eigenvalue weighted by molar-refractivity contribution is 7.87. The Morgan fingerprint density at radius 2 is 2.00 bits per heavy atom. The molecule has 0 aliphatic carbocycles. The maximum atomic E-state index is 11.5. The van der Waals surface area contributed by atoms with Gasteiger partial charge < -0.3 is 5.73 Å². The molecule has 84 valence electrons. The van der Waals surface area contributed by atoms with Crippen LogP contribution in [0.4, 0.5) is 0 Å². The van der Waals surface area contributed by atoms with Gasteiger partial charge in [-0.2, -0.15) is 17.4 Å². The number of nitrogens with zero attached hydrogens (tertiary/aromatic N) is 1. The second-order valence-electron chi connectivity index (χ2n) is 3.49. The number of amidine groups is 1. The molecule has 0 bridgehead atoms. The topological polar surface area (TPSA) is 99.3 Å². The van der Waals surface area contributed by atoms with Crippen LogP contribution in [-0.2, 0) is 10.2 Å². The van der Waals surface area contributed by atoms with Gasteiger partial charge in [0, 0.05) is 14.1 Å². The largest absolute Gasteiger partial charge is 0.386 e. The van der Waals surface area contributed by atoms with Gasteiger partial charge in [-0.05, 0) is 13.3 Å². The predicted octanol–water partition coefficient (Wildman–Crippen LogP) is -0.513. The summed E-state index contributed by atoms with van der Waals surface area (Å²) in [6, 6.07) is 0. The van der Waals surface area contributed by atoms with Gasteiger partial charge in [0.25, 0.3) is 10.2 Å². The van der Waals surface area contributed by atoms with Crippen LogP contribution in [0, 0.1) is 5.41 Å². The van der Waals surface area contributed by atoms with E-state index in [1.165, 1.54) is 14.1 Å². The number of hydrogen-bond donors (Lipinski definition) is 3. The van der Waals surface area contributed by atoms with E-state index < -0.39 is 15.7 Å². The first-order valence-corrected chi connectivity index (χ1v) is 5.65. The van der Waals surface area contributed by atoms with Gasteiger partial charge in [-0.1, -0.05) is 6.92 Å². The molecule has 7 heteroatoms.